The molecular weight excluding hydrogens is 245 g/mol. The van der Waals surface area contributed by atoms with Crippen LogP contribution in [0.25, 0.3) is 6.08 Å². The molecule has 0 aliphatic rings. The highest BCUT2D eigenvalue weighted by Gasteiger charge is 2.30. The molecule has 0 fully saturated rings. The maximum absolute atomic E-state index is 11.8. The van der Waals surface area contributed by atoms with Crippen molar-refractivity contribution < 1.29 is 22.7 Å². The third-order valence-corrected chi connectivity index (χ3v) is 1.65. The van der Waals surface area contributed by atoms with Gasteiger partial charge in [-0.1, -0.05) is 18.2 Å². The summed E-state index contributed by atoms with van der Waals surface area (Å²) in [4.78, 5) is 10.4. The predicted molar refractivity (Wildman–Crippen MR) is 53.0 cm³/mol. The Hall–Kier alpha value is -1.49. The first-order chi connectivity index (χ1) is 7.37. The smallest absolute Gasteiger partial charge is 0.406 e. The minimum Gasteiger partial charge on any atom is -0.406 e. The molecule has 0 aliphatic heterocycles. The number of rotatable bonds is 3. The summed E-state index contributed by atoms with van der Waals surface area (Å²) in [5.74, 6) is -0.318. The lowest BCUT2D eigenvalue weighted by molar-refractivity contribution is -0.274. The molecule has 1 aromatic rings. The van der Waals surface area contributed by atoms with Gasteiger partial charge in [0.1, 0.15) is 5.75 Å². The van der Waals surface area contributed by atoms with Gasteiger partial charge in [0.15, 0.2) is 0 Å². The summed E-state index contributed by atoms with van der Waals surface area (Å²) in [5.41, 5.74) is 0.545. The molecule has 0 aliphatic carbocycles. The monoisotopic (exact) mass is 250 g/mol. The molecule has 1 aromatic carbocycles. The Morgan fingerprint density at radius 1 is 1.25 bits per heavy atom. The van der Waals surface area contributed by atoms with E-state index in [1.54, 1.807) is 0 Å². The van der Waals surface area contributed by atoms with E-state index in [0.29, 0.717) is 5.56 Å². The zero-order valence-corrected chi connectivity index (χ0v) is 8.55. The fourth-order valence-corrected chi connectivity index (χ4v) is 1.01. The Labute approximate surface area is 94.3 Å². The standard InChI is InChI=1S/C10H6ClF3O2/c11-9(15)6-3-7-1-4-8(5-2-7)16-10(12,13)14/h1-6H. The van der Waals surface area contributed by atoms with Gasteiger partial charge in [-0.25, -0.2) is 0 Å². The largest absolute Gasteiger partial charge is 0.573 e. The van der Waals surface area contributed by atoms with Crippen molar-refractivity contribution in [1.29, 1.82) is 0 Å². The molecule has 0 saturated carbocycles. The maximum Gasteiger partial charge on any atom is 0.573 e. The third-order valence-electron chi connectivity index (χ3n) is 1.52. The topological polar surface area (TPSA) is 26.3 Å². The first-order valence-electron chi connectivity index (χ1n) is 4.10. The van der Waals surface area contributed by atoms with Gasteiger partial charge in [0.05, 0.1) is 0 Å². The molecule has 0 aromatic heterocycles. The van der Waals surface area contributed by atoms with Crippen LogP contribution in [0.1, 0.15) is 5.56 Å². The minimum atomic E-state index is -4.70. The number of alkyl halides is 3. The zero-order chi connectivity index (χ0) is 12.2. The lowest BCUT2D eigenvalue weighted by Crippen LogP contribution is -2.16. The first-order valence-corrected chi connectivity index (χ1v) is 4.48. The number of carbonyl (C=O) groups excluding carboxylic acids is 1. The molecule has 1 rings (SSSR count). The third kappa shape index (κ3) is 4.84. The van der Waals surface area contributed by atoms with Crippen LogP contribution in [-0.2, 0) is 4.79 Å². The van der Waals surface area contributed by atoms with E-state index in [1.807, 2.05) is 0 Å². The second-order valence-electron chi connectivity index (χ2n) is 2.75. The summed E-state index contributed by atoms with van der Waals surface area (Å²) in [6.45, 7) is 0. The van der Waals surface area contributed by atoms with Crippen molar-refractivity contribution in [3.05, 3.63) is 35.9 Å². The Morgan fingerprint density at radius 2 is 1.81 bits per heavy atom. The second-order valence-corrected chi connectivity index (χ2v) is 3.13. The molecule has 0 heterocycles. The molecule has 0 bridgehead atoms. The molecule has 0 spiro atoms. The highest BCUT2D eigenvalue weighted by atomic mass is 35.5. The molecule has 0 unspecified atom stereocenters. The summed E-state index contributed by atoms with van der Waals surface area (Å²) >= 11 is 5.05. The van der Waals surface area contributed by atoms with Crippen molar-refractivity contribution in [2.24, 2.45) is 0 Å². The van der Waals surface area contributed by atoms with E-state index in [-0.39, 0.29) is 5.75 Å². The van der Waals surface area contributed by atoms with Gasteiger partial charge in [-0.05, 0) is 35.4 Å². The van der Waals surface area contributed by atoms with Crippen LogP contribution in [0.5, 0.6) is 5.75 Å². The van der Waals surface area contributed by atoms with Crippen molar-refractivity contribution in [2.75, 3.05) is 0 Å². The summed E-state index contributed by atoms with van der Waals surface area (Å²) in [7, 11) is 0. The number of carbonyl (C=O) groups is 1. The van der Waals surface area contributed by atoms with Crippen LogP contribution in [0.3, 0.4) is 0 Å². The first kappa shape index (κ1) is 12.6. The highest BCUT2D eigenvalue weighted by Crippen LogP contribution is 2.22. The van der Waals surface area contributed by atoms with Crippen LogP contribution < -0.4 is 4.74 Å². The lowest BCUT2D eigenvalue weighted by Gasteiger charge is -2.08. The van der Waals surface area contributed by atoms with E-state index >= 15 is 0 Å². The fourth-order valence-electron chi connectivity index (χ4n) is 0.942. The van der Waals surface area contributed by atoms with Crippen molar-refractivity contribution in [3.8, 4) is 5.75 Å². The molecule has 6 heteroatoms. The van der Waals surface area contributed by atoms with Gasteiger partial charge in [-0.3, -0.25) is 4.79 Å². The van der Waals surface area contributed by atoms with E-state index in [1.165, 1.54) is 18.2 Å². The normalized spacial score (nSPS) is 11.8. The van der Waals surface area contributed by atoms with Gasteiger partial charge in [0.25, 0.3) is 0 Å². The second kappa shape index (κ2) is 5.03. The molecular formula is C10H6ClF3O2. The van der Waals surface area contributed by atoms with Crippen LogP contribution in [0.4, 0.5) is 13.2 Å². The summed E-state index contributed by atoms with van der Waals surface area (Å²) in [6, 6.07) is 5.03. The van der Waals surface area contributed by atoms with E-state index in [4.69, 9.17) is 11.6 Å². The Kier molecular flexibility index (Phi) is 3.95. The lowest BCUT2D eigenvalue weighted by atomic mass is 10.2. The Bertz CT molecular complexity index is 396. The van der Waals surface area contributed by atoms with Crippen LogP contribution in [-0.4, -0.2) is 11.6 Å². The van der Waals surface area contributed by atoms with Gasteiger partial charge in [-0.2, -0.15) is 0 Å². The molecule has 0 radical (unpaired) electrons. The van der Waals surface area contributed by atoms with Gasteiger partial charge in [0.2, 0.25) is 5.24 Å². The zero-order valence-electron chi connectivity index (χ0n) is 7.79. The van der Waals surface area contributed by atoms with Crippen molar-refractivity contribution in [1.82, 2.24) is 0 Å². The molecule has 86 valence electrons. The van der Waals surface area contributed by atoms with Crippen LogP contribution in [0, 0.1) is 0 Å². The molecule has 16 heavy (non-hydrogen) atoms. The Balaban J connectivity index is 2.72. The van der Waals surface area contributed by atoms with E-state index in [0.717, 1.165) is 18.2 Å². The number of hydrogen-bond donors (Lipinski definition) is 0. The molecule has 0 saturated heterocycles. The van der Waals surface area contributed by atoms with Crippen LogP contribution >= 0.6 is 11.6 Å². The highest BCUT2D eigenvalue weighted by molar-refractivity contribution is 6.66. The van der Waals surface area contributed by atoms with Gasteiger partial charge in [0, 0.05) is 0 Å². The molecule has 0 N–H and O–H groups in total. The van der Waals surface area contributed by atoms with Gasteiger partial charge < -0.3 is 4.74 Å². The van der Waals surface area contributed by atoms with E-state index in [2.05, 4.69) is 4.74 Å². The molecule has 0 amide bonds. The van der Waals surface area contributed by atoms with Crippen LogP contribution in [0.2, 0.25) is 0 Å². The number of halogens is 4. The number of ether oxygens (including phenoxy) is 1. The maximum atomic E-state index is 11.8. The van der Waals surface area contributed by atoms with E-state index in [9.17, 15) is 18.0 Å². The summed E-state index contributed by atoms with van der Waals surface area (Å²) in [5, 5.41) is -0.657. The average Bonchev–Trinajstić information content (AvgIpc) is 2.14. The summed E-state index contributed by atoms with van der Waals surface area (Å²) in [6.07, 6.45) is -2.22. The number of hydrogen-bond acceptors (Lipinski definition) is 2. The quantitative estimate of drug-likeness (QED) is 0.607. The molecule has 2 nitrogen and oxygen atoms in total. The molecule has 0 atom stereocenters. The van der Waals surface area contributed by atoms with Gasteiger partial charge in [-0.15, -0.1) is 13.2 Å². The summed E-state index contributed by atoms with van der Waals surface area (Å²) < 4.78 is 39.1. The van der Waals surface area contributed by atoms with Gasteiger partial charge >= 0.3 is 6.36 Å². The minimum absolute atomic E-state index is 0.318. The predicted octanol–water partition coefficient (Wildman–Crippen LogP) is 3.36. The average molecular weight is 251 g/mol. The SMILES string of the molecule is O=C(Cl)C=Cc1ccc(OC(F)(F)F)cc1. The fraction of sp³-hybridized carbons (Fsp3) is 0.100. The Morgan fingerprint density at radius 3 is 2.25 bits per heavy atom. The van der Waals surface area contributed by atoms with Crippen LogP contribution in [0.15, 0.2) is 30.3 Å². The van der Waals surface area contributed by atoms with Crippen molar-refractivity contribution >= 4 is 22.9 Å². The van der Waals surface area contributed by atoms with Crippen molar-refractivity contribution in [2.45, 2.75) is 6.36 Å². The van der Waals surface area contributed by atoms with E-state index < -0.39 is 11.6 Å². The number of allylic oxidation sites excluding steroid dienone is 1. The number of benzene rings is 1. The van der Waals surface area contributed by atoms with Crippen molar-refractivity contribution in [3.63, 3.8) is 0 Å².